The fourth-order valence-electron chi connectivity index (χ4n) is 1.59. The van der Waals surface area contributed by atoms with Gasteiger partial charge in [-0.2, -0.15) is 0 Å². The second-order valence-corrected chi connectivity index (χ2v) is 3.62. The molecule has 0 aliphatic heterocycles. The van der Waals surface area contributed by atoms with Crippen molar-refractivity contribution in [3.63, 3.8) is 0 Å². The van der Waals surface area contributed by atoms with E-state index in [0.29, 0.717) is 6.04 Å². The van der Waals surface area contributed by atoms with Crippen LogP contribution in [0.15, 0.2) is 12.8 Å². The summed E-state index contributed by atoms with van der Waals surface area (Å²) in [6.45, 7) is 9.83. The zero-order valence-corrected chi connectivity index (χ0v) is 9.72. The lowest BCUT2D eigenvalue weighted by Crippen LogP contribution is -2.30. The fourth-order valence-corrected chi connectivity index (χ4v) is 1.59. The molecule has 14 heavy (non-hydrogen) atoms. The molecule has 0 saturated carbocycles. The molecule has 0 aromatic carbocycles. The van der Waals surface area contributed by atoms with Gasteiger partial charge in [0.1, 0.15) is 0 Å². The van der Waals surface area contributed by atoms with E-state index in [1.165, 1.54) is 31.9 Å². The van der Waals surface area contributed by atoms with E-state index in [1.54, 1.807) is 0 Å². The zero-order chi connectivity index (χ0) is 10.6. The third-order valence-electron chi connectivity index (χ3n) is 2.26. The number of hydrogen-bond donors (Lipinski definition) is 1. The molecule has 0 heterocycles. The predicted molar refractivity (Wildman–Crippen MR) is 62.4 cm³/mol. The summed E-state index contributed by atoms with van der Waals surface area (Å²) in [5, 5.41) is 3.57. The van der Waals surface area contributed by atoms with Crippen LogP contribution >= 0.6 is 0 Å². The molecule has 2 heteroatoms. The molecular weight excluding hydrogens is 174 g/mol. The molecule has 0 aromatic heterocycles. The summed E-state index contributed by atoms with van der Waals surface area (Å²) in [5.41, 5.74) is 0. The molecule has 0 rings (SSSR count). The molecule has 0 aliphatic rings. The van der Waals surface area contributed by atoms with Crippen LogP contribution in [-0.2, 0) is 4.74 Å². The van der Waals surface area contributed by atoms with E-state index in [4.69, 9.17) is 4.74 Å². The quantitative estimate of drug-likeness (QED) is 0.431. The van der Waals surface area contributed by atoms with Crippen LogP contribution in [0, 0.1) is 0 Å². The van der Waals surface area contributed by atoms with E-state index >= 15 is 0 Å². The molecule has 0 spiro atoms. The number of hydrogen-bond acceptors (Lipinski definition) is 2. The maximum Gasteiger partial charge on any atom is 0.0885 e. The van der Waals surface area contributed by atoms with Crippen LogP contribution in [0.1, 0.15) is 46.0 Å². The van der Waals surface area contributed by atoms with Crippen LogP contribution in [0.3, 0.4) is 0 Å². The monoisotopic (exact) mass is 199 g/mol. The average Bonchev–Trinajstić information content (AvgIpc) is 2.18. The Hall–Kier alpha value is -0.500. The Morgan fingerprint density at radius 1 is 1.29 bits per heavy atom. The first-order valence-corrected chi connectivity index (χ1v) is 5.81. The molecule has 0 unspecified atom stereocenters. The minimum atomic E-state index is 0.703. The van der Waals surface area contributed by atoms with Crippen molar-refractivity contribution in [1.82, 2.24) is 5.32 Å². The normalized spacial score (nSPS) is 10.5. The first kappa shape index (κ1) is 13.5. The molecule has 0 bridgehead atoms. The van der Waals surface area contributed by atoms with Crippen LogP contribution in [0.2, 0.25) is 0 Å². The molecular formula is C12H25NO. The SMILES string of the molecule is C=COCCCNC(CCC)CCC. The van der Waals surface area contributed by atoms with Gasteiger partial charge in [-0.25, -0.2) is 0 Å². The number of rotatable bonds is 10. The van der Waals surface area contributed by atoms with Gasteiger partial charge in [-0.15, -0.1) is 0 Å². The van der Waals surface area contributed by atoms with Gasteiger partial charge in [0.05, 0.1) is 12.9 Å². The van der Waals surface area contributed by atoms with Gasteiger partial charge in [0.25, 0.3) is 0 Å². The van der Waals surface area contributed by atoms with Gasteiger partial charge in [0, 0.05) is 6.04 Å². The zero-order valence-electron chi connectivity index (χ0n) is 9.72. The number of ether oxygens (including phenoxy) is 1. The van der Waals surface area contributed by atoms with Crippen LogP contribution in [-0.4, -0.2) is 19.2 Å². The highest BCUT2D eigenvalue weighted by Gasteiger charge is 2.04. The van der Waals surface area contributed by atoms with Crippen molar-refractivity contribution in [3.8, 4) is 0 Å². The maximum atomic E-state index is 5.06. The molecule has 2 nitrogen and oxygen atoms in total. The van der Waals surface area contributed by atoms with Gasteiger partial charge in [0.15, 0.2) is 0 Å². The average molecular weight is 199 g/mol. The second kappa shape index (κ2) is 10.6. The summed E-state index contributed by atoms with van der Waals surface area (Å²) in [6.07, 6.45) is 7.68. The summed E-state index contributed by atoms with van der Waals surface area (Å²) >= 11 is 0. The Kier molecular flexibility index (Phi) is 10.2. The lowest BCUT2D eigenvalue weighted by Gasteiger charge is -2.16. The van der Waals surface area contributed by atoms with Gasteiger partial charge < -0.3 is 10.1 Å². The van der Waals surface area contributed by atoms with Crippen molar-refractivity contribution in [2.24, 2.45) is 0 Å². The molecule has 84 valence electrons. The third kappa shape index (κ3) is 8.11. The van der Waals surface area contributed by atoms with Gasteiger partial charge in [-0.3, -0.25) is 0 Å². The first-order chi connectivity index (χ1) is 6.85. The topological polar surface area (TPSA) is 21.3 Å². The Balaban J connectivity index is 3.34. The molecule has 0 amide bonds. The first-order valence-electron chi connectivity index (χ1n) is 5.81. The standard InChI is InChI=1S/C12H25NO/c1-4-8-12(9-5-2)13-10-7-11-14-6-3/h6,12-13H,3-5,7-11H2,1-2H3. The van der Waals surface area contributed by atoms with E-state index in [1.807, 2.05) is 0 Å². The van der Waals surface area contributed by atoms with Crippen LogP contribution in [0.5, 0.6) is 0 Å². The molecule has 0 fully saturated rings. The van der Waals surface area contributed by atoms with Crippen molar-refractivity contribution >= 4 is 0 Å². The van der Waals surface area contributed by atoms with E-state index in [-0.39, 0.29) is 0 Å². The van der Waals surface area contributed by atoms with E-state index in [0.717, 1.165) is 19.6 Å². The molecule has 0 aliphatic carbocycles. The Labute approximate surface area is 88.7 Å². The summed E-state index contributed by atoms with van der Waals surface area (Å²) in [6, 6.07) is 0.703. The lowest BCUT2D eigenvalue weighted by molar-refractivity contribution is 0.241. The van der Waals surface area contributed by atoms with Crippen LogP contribution < -0.4 is 5.32 Å². The summed E-state index contributed by atoms with van der Waals surface area (Å²) in [4.78, 5) is 0. The Morgan fingerprint density at radius 2 is 1.93 bits per heavy atom. The van der Waals surface area contributed by atoms with Crippen molar-refractivity contribution in [1.29, 1.82) is 0 Å². The van der Waals surface area contributed by atoms with E-state index in [9.17, 15) is 0 Å². The minimum absolute atomic E-state index is 0.703. The summed E-state index contributed by atoms with van der Waals surface area (Å²) in [5.74, 6) is 0. The van der Waals surface area contributed by atoms with Crippen molar-refractivity contribution < 1.29 is 4.74 Å². The van der Waals surface area contributed by atoms with Crippen LogP contribution in [0.25, 0.3) is 0 Å². The maximum absolute atomic E-state index is 5.06. The Bertz CT molecular complexity index is 119. The van der Waals surface area contributed by atoms with E-state index in [2.05, 4.69) is 25.7 Å². The summed E-state index contributed by atoms with van der Waals surface area (Å²) in [7, 11) is 0. The van der Waals surface area contributed by atoms with Crippen molar-refractivity contribution in [3.05, 3.63) is 12.8 Å². The fraction of sp³-hybridized carbons (Fsp3) is 0.833. The predicted octanol–water partition coefficient (Wildman–Crippen LogP) is 3.10. The molecule has 0 atom stereocenters. The Morgan fingerprint density at radius 3 is 2.43 bits per heavy atom. The highest BCUT2D eigenvalue weighted by molar-refractivity contribution is 4.65. The largest absolute Gasteiger partial charge is 0.502 e. The van der Waals surface area contributed by atoms with Crippen LogP contribution in [0.4, 0.5) is 0 Å². The highest BCUT2D eigenvalue weighted by atomic mass is 16.5. The molecule has 0 radical (unpaired) electrons. The number of nitrogens with one attached hydrogen (secondary N) is 1. The van der Waals surface area contributed by atoms with Gasteiger partial charge >= 0.3 is 0 Å². The summed E-state index contributed by atoms with van der Waals surface area (Å²) < 4.78 is 5.06. The van der Waals surface area contributed by atoms with E-state index < -0.39 is 0 Å². The van der Waals surface area contributed by atoms with Crippen molar-refractivity contribution in [2.75, 3.05) is 13.2 Å². The van der Waals surface area contributed by atoms with Gasteiger partial charge in [-0.05, 0) is 25.8 Å². The van der Waals surface area contributed by atoms with Crippen molar-refractivity contribution in [2.45, 2.75) is 52.0 Å². The van der Waals surface area contributed by atoms with Gasteiger partial charge in [0.2, 0.25) is 0 Å². The third-order valence-corrected chi connectivity index (χ3v) is 2.26. The molecule has 1 N–H and O–H groups in total. The second-order valence-electron chi connectivity index (χ2n) is 3.62. The molecule has 0 saturated heterocycles. The minimum Gasteiger partial charge on any atom is -0.502 e. The highest BCUT2D eigenvalue weighted by Crippen LogP contribution is 2.04. The molecule has 0 aromatic rings. The van der Waals surface area contributed by atoms with Gasteiger partial charge in [-0.1, -0.05) is 33.3 Å². The lowest BCUT2D eigenvalue weighted by atomic mass is 10.1. The smallest absolute Gasteiger partial charge is 0.0885 e.